The number of nitrogens with one attached hydrogen (secondary N) is 1. The molecule has 0 aliphatic heterocycles. The fourth-order valence-electron chi connectivity index (χ4n) is 1.71. The lowest BCUT2D eigenvalue weighted by Crippen LogP contribution is -2.25. The predicted octanol–water partition coefficient (Wildman–Crippen LogP) is 2.71. The first-order chi connectivity index (χ1) is 11.2. The molecule has 0 saturated heterocycles. The summed E-state index contributed by atoms with van der Waals surface area (Å²) in [5.74, 6) is 2.94. The highest BCUT2D eigenvalue weighted by molar-refractivity contribution is 8.03. The Labute approximate surface area is 146 Å². The second-order valence-corrected chi connectivity index (χ2v) is 8.51. The predicted molar refractivity (Wildman–Crippen MR) is 89.8 cm³/mol. The highest BCUT2D eigenvalue weighted by Crippen LogP contribution is 2.39. The Morgan fingerprint density at radius 1 is 1.35 bits per heavy atom. The number of rotatable bonds is 9. The zero-order valence-electron chi connectivity index (χ0n) is 12.7. The zero-order valence-corrected chi connectivity index (χ0v) is 15.1. The number of aromatic nitrogens is 4. The van der Waals surface area contributed by atoms with Gasteiger partial charge in [-0.25, -0.2) is 0 Å². The number of nitrogens with zero attached hydrogens (tertiary/aromatic N) is 4. The first kappa shape index (κ1) is 16.7. The van der Waals surface area contributed by atoms with E-state index >= 15 is 0 Å². The zero-order chi connectivity index (χ0) is 16.1. The van der Waals surface area contributed by atoms with Crippen LogP contribution in [0.25, 0.3) is 0 Å². The van der Waals surface area contributed by atoms with E-state index in [4.69, 9.17) is 4.52 Å². The van der Waals surface area contributed by atoms with Gasteiger partial charge in [0.05, 0.1) is 11.5 Å². The third kappa shape index (κ3) is 5.18. The quantitative estimate of drug-likeness (QED) is 0.673. The van der Waals surface area contributed by atoms with Gasteiger partial charge >= 0.3 is 0 Å². The van der Waals surface area contributed by atoms with Gasteiger partial charge in [-0.2, -0.15) is 4.98 Å². The van der Waals surface area contributed by atoms with Gasteiger partial charge in [0.1, 0.15) is 0 Å². The summed E-state index contributed by atoms with van der Waals surface area (Å²) in [6.07, 6.45) is 3.24. The van der Waals surface area contributed by atoms with Crippen LogP contribution >= 0.6 is 34.9 Å². The number of carbonyl (C=O) groups excluding carboxylic acids is 1. The standard InChI is InChI=1S/C13H17N5O2S3/c1-2-5-14-10(19)7-22-13-17-16-12(23-13)21-6-9-15-11(20-18-9)8-3-4-8/h8H,2-7H2,1H3,(H,14,19). The molecule has 0 aromatic carbocycles. The Kier molecular flexibility index (Phi) is 5.90. The topological polar surface area (TPSA) is 93.8 Å². The Bertz CT molecular complexity index is 656. The molecule has 0 bridgehead atoms. The van der Waals surface area contributed by atoms with Gasteiger partial charge in [0.2, 0.25) is 11.8 Å². The van der Waals surface area contributed by atoms with Crippen LogP contribution in [0.15, 0.2) is 13.2 Å². The van der Waals surface area contributed by atoms with E-state index in [2.05, 4.69) is 25.7 Å². The van der Waals surface area contributed by atoms with Crippen LogP contribution in [-0.4, -0.2) is 38.5 Å². The first-order valence-electron chi connectivity index (χ1n) is 7.43. The summed E-state index contributed by atoms with van der Waals surface area (Å²) in [6.45, 7) is 2.74. The van der Waals surface area contributed by atoms with E-state index in [0.29, 0.717) is 29.8 Å². The molecule has 2 aromatic heterocycles. The van der Waals surface area contributed by atoms with Crippen molar-refractivity contribution < 1.29 is 9.32 Å². The van der Waals surface area contributed by atoms with Gasteiger partial charge in [0.25, 0.3) is 0 Å². The van der Waals surface area contributed by atoms with Crippen molar-refractivity contribution in [3.63, 3.8) is 0 Å². The van der Waals surface area contributed by atoms with Crippen LogP contribution in [0.1, 0.15) is 43.8 Å². The van der Waals surface area contributed by atoms with Gasteiger partial charge in [-0.1, -0.05) is 46.9 Å². The fraction of sp³-hybridized carbons (Fsp3) is 0.615. The van der Waals surface area contributed by atoms with Gasteiger partial charge in [-0.05, 0) is 19.3 Å². The summed E-state index contributed by atoms with van der Waals surface area (Å²) >= 11 is 4.42. The molecule has 124 valence electrons. The maximum atomic E-state index is 11.5. The van der Waals surface area contributed by atoms with E-state index in [1.165, 1.54) is 34.9 Å². The van der Waals surface area contributed by atoms with E-state index in [-0.39, 0.29) is 5.91 Å². The van der Waals surface area contributed by atoms with Crippen LogP contribution in [0.2, 0.25) is 0 Å². The minimum atomic E-state index is 0.0284. The number of hydrogen-bond donors (Lipinski definition) is 1. The molecular weight excluding hydrogens is 354 g/mol. The summed E-state index contributed by atoms with van der Waals surface area (Å²) in [5.41, 5.74) is 0. The van der Waals surface area contributed by atoms with Gasteiger partial charge in [-0.3, -0.25) is 4.79 Å². The summed E-state index contributed by atoms with van der Waals surface area (Å²) in [7, 11) is 0. The molecule has 2 heterocycles. The summed E-state index contributed by atoms with van der Waals surface area (Å²) in [6, 6.07) is 0. The van der Waals surface area contributed by atoms with E-state index in [9.17, 15) is 4.79 Å². The van der Waals surface area contributed by atoms with E-state index < -0.39 is 0 Å². The van der Waals surface area contributed by atoms with Crippen LogP contribution < -0.4 is 5.32 Å². The molecule has 1 N–H and O–H groups in total. The van der Waals surface area contributed by atoms with Crippen molar-refractivity contribution in [3.05, 3.63) is 11.7 Å². The molecule has 3 rings (SSSR count). The second-order valence-electron chi connectivity index (χ2n) is 5.08. The molecular formula is C13H17N5O2S3. The lowest BCUT2D eigenvalue weighted by molar-refractivity contribution is -0.118. The fourth-order valence-corrected chi connectivity index (χ4v) is 4.40. The maximum Gasteiger partial charge on any atom is 0.230 e. The summed E-state index contributed by atoms with van der Waals surface area (Å²) in [5, 5.41) is 15.0. The van der Waals surface area contributed by atoms with Gasteiger partial charge in [0.15, 0.2) is 14.5 Å². The van der Waals surface area contributed by atoms with E-state index in [1.54, 1.807) is 0 Å². The third-order valence-electron chi connectivity index (χ3n) is 3.02. The molecule has 7 nitrogen and oxygen atoms in total. The molecule has 0 spiro atoms. The Balaban J connectivity index is 1.42. The van der Waals surface area contributed by atoms with Crippen LogP contribution in [0.3, 0.4) is 0 Å². The SMILES string of the molecule is CCCNC(=O)CSc1nnc(SCc2noc(C3CC3)n2)s1. The lowest BCUT2D eigenvalue weighted by Gasteiger charge is -2.00. The number of hydrogen-bond acceptors (Lipinski definition) is 9. The van der Waals surface area contributed by atoms with Crippen LogP contribution in [0.5, 0.6) is 0 Å². The van der Waals surface area contributed by atoms with Crippen molar-refractivity contribution in [1.29, 1.82) is 0 Å². The monoisotopic (exact) mass is 371 g/mol. The highest BCUT2D eigenvalue weighted by Gasteiger charge is 2.29. The Morgan fingerprint density at radius 3 is 2.87 bits per heavy atom. The maximum absolute atomic E-state index is 11.5. The number of carbonyl (C=O) groups is 1. The average molecular weight is 372 g/mol. The van der Waals surface area contributed by atoms with Crippen LogP contribution in [-0.2, 0) is 10.5 Å². The Hall–Kier alpha value is -1.13. The molecule has 0 atom stereocenters. The van der Waals surface area contributed by atoms with E-state index in [1.807, 2.05) is 6.92 Å². The molecule has 2 aromatic rings. The smallest absolute Gasteiger partial charge is 0.230 e. The van der Waals surface area contributed by atoms with Gasteiger partial charge in [0, 0.05) is 12.5 Å². The van der Waals surface area contributed by atoms with Crippen molar-refractivity contribution in [2.45, 2.75) is 46.5 Å². The van der Waals surface area contributed by atoms with Crippen molar-refractivity contribution in [2.24, 2.45) is 0 Å². The Morgan fingerprint density at radius 2 is 2.13 bits per heavy atom. The van der Waals surface area contributed by atoms with Crippen molar-refractivity contribution >= 4 is 40.8 Å². The molecule has 1 aliphatic carbocycles. The van der Waals surface area contributed by atoms with Crippen molar-refractivity contribution in [2.75, 3.05) is 12.3 Å². The normalized spacial score (nSPS) is 14.1. The van der Waals surface area contributed by atoms with Crippen LogP contribution in [0, 0.1) is 0 Å². The molecule has 1 aliphatic rings. The molecule has 0 unspecified atom stereocenters. The van der Waals surface area contributed by atoms with Crippen molar-refractivity contribution in [3.8, 4) is 0 Å². The molecule has 1 saturated carbocycles. The lowest BCUT2D eigenvalue weighted by atomic mass is 10.4. The third-order valence-corrected chi connectivity index (χ3v) is 6.21. The summed E-state index contributed by atoms with van der Waals surface area (Å²) < 4.78 is 6.87. The average Bonchev–Trinajstić information content (AvgIpc) is 3.12. The van der Waals surface area contributed by atoms with Gasteiger partial charge in [-0.15, -0.1) is 10.2 Å². The largest absolute Gasteiger partial charge is 0.355 e. The number of thioether (sulfide) groups is 2. The minimum Gasteiger partial charge on any atom is -0.355 e. The highest BCUT2D eigenvalue weighted by atomic mass is 32.2. The van der Waals surface area contributed by atoms with Crippen molar-refractivity contribution in [1.82, 2.24) is 25.7 Å². The molecule has 10 heteroatoms. The summed E-state index contributed by atoms with van der Waals surface area (Å²) in [4.78, 5) is 15.9. The molecule has 0 radical (unpaired) electrons. The molecule has 23 heavy (non-hydrogen) atoms. The first-order valence-corrected chi connectivity index (χ1v) is 10.2. The minimum absolute atomic E-state index is 0.0284. The molecule has 1 amide bonds. The van der Waals surface area contributed by atoms with E-state index in [0.717, 1.165) is 33.8 Å². The van der Waals surface area contributed by atoms with Crippen LogP contribution in [0.4, 0.5) is 0 Å². The van der Waals surface area contributed by atoms with Gasteiger partial charge < -0.3 is 9.84 Å². The molecule has 1 fully saturated rings. The second kappa shape index (κ2) is 8.11. The number of amides is 1.